The van der Waals surface area contributed by atoms with Crippen molar-refractivity contribution < 1.29 is 29.0 Å². The molecule has 0 spiro atoms. The Labute approximate surface area is 173 Å². The summed E-state index contributed by atoms with van der Waals surface area (Å²) in [5.74, 6) is -1.28. The minimum absolute atomic E-state index is 0.0532. The zero-order chi connectivity index (χ0) is 21.8. The van der Waals surface area contributed by atoms with Gasteiger partial charge in [-0.3, -0.25) is 9.59 Å². The van der Waals surface area contributed by atoms with E-state index in [1.165, 1.54) is 17.0 Å². The Kier molecular flexibility index (Phi) is 6.02. The predicted octanol–water partition coefficient (Wildman–Crippen LogP) is 2.35. The van der Waals surface area contributed by atoms with Gasteiger partial charge in [0, 0.05) is 17.7 Å². The fourth-order valence-electron chi connectivity index (χ4n) is 3.24. The van der Waals surface area contributed by atoms with Crippen molar-refractivity contribution in [2.75, 3.05) is 19.8 Å². The van der Waals surface area contributed by atoms with Crippen LogP contribution in [0.4, 0.5) is 0 Å². The van der Waals surface area contributed by atoms with Gasteiger partial charge < -0.3 is 19.5 Å². The number of hydrogen-bond donors (Lipinski definition) is 1. The van der Waals surface area contributed by atoms with Crippen molar-refractivity contribution in [3.05, 3.63) is 58.1 Å². The molecule has 0 atom stereocenters. The van der Waals surface area contributed by atoms with E-state index >= 15 is 0 Å². The second kappa shape index (κ2) is 8.66. The molecule has 0 fully saturated rings. The molecule has 0 radical (unpaired) electrons. The van der Waals surface area contributed by atoms with Crippen molar-refractivity contribution in [2.24, 2.45) is 0 Å². The first-order valence-electron chi connectivity index (χ1n) is 9.32. The number of ether oxygens (including phenoxy) is 2. The predicted molar refractivity (Wildman–Crippen MR) is 105 cm³/mol. The van der Waals surface area contributed by atoms with Crippen molar-refractivity contribution >= 4 is 17.7 Å². The molecule has 2 aromatic carbocycles. The Morgan fingerprint density at radius 1 is 1.27 bits per heavy atom. The molecule has 30 heavy (non-hydrogen) atoms. The van der Waals surface area contributed by atoms with Gasteiger partial charge in [0.25, 0.3) is 5.91 Å². The third kappa shape index (κ3) is 4.10. The normalized spacial score (nSPS) is 12.3. The van der Waals surface area contributed by atoms with Gasteiger partial charge in [0.05, 0.1) is 30.3 Å². The van der Waals surface area contributed by atoms with E-state index in [0.717, 1.165) is 0 Å². The van der Waals surface area contributed by atoms with Gasteiger partial charge in [0.15, 0.2) is 12.4 Å². The average molecular weight is 408 g/mol. The number of ketones is 1. The number of phenols is 1. The number of aromatic hydroxyl groups is 1. The lowest BCUT2D eigenvalue weighted by Gasteiger charge is -2.16. The highest BCUT2D eigenvalue weighted by Crippen LogP contribution is 2.32. The molecule has 2 aromatic rings. The molecule has 0 aromatic heterocycles. The number of carbonyl (C=O) groups excluding carboxylic acids is 3. The first-order chi connectivity index (χ1) is 14.3. The van der Waals surface area contributed by atoms with Crippen LogP contribution in [0.15, 0.2) is 30.3 Å². The van der Waals surface area contributed by atoms with Crippen LogP contribution in [0.3, 0.4) is 0 Å². The molecular formula is C22H20N2O6. The van der Waals surface area contributed by atoms with E-state index in [2.05, 4.69) is 0 Å². The van der Waals surface area contributed by atoms with Crippen LogP contribution in [-0.4, -0.2) is 47.4 Å². The fraction of sp³-hybridized carbons (Fsp3) is 0.273. The van der Waals surface area contributed by atoms with Gasteiger partial charge in [0.2, 0.25) is 0 Å². The Balaban J connectivity index is 1.72. The van der Waals surface area contributed by atoms with Crippen molar-refractivity contribution in [3.63, 3.8) is 0 Å². The molecule has 8 heteroatoms. The monoisotopic (exact) mass is 408 g/mol. The van der Waals surface area contributed by atoms with Gasteiger partial charge in [-0.1, -0.05) is 0 Å². The minimum Gasteiger partial charge on any atom is -0.507 e. The third-order valence-electron chi connectivity index (χ3n) is 4.78. The zero-order valence-electron chi connectivity index (χ0n) is 16.6. The zero-order valence-corrected chi connectivity index (χ0v) is 16.6. The summed E-state index contributed by atoms with van der Waals surface area (Å²) >= 11 is 0. The number of Topliss-reactive ketones (excluding diaryl/α,β-unsaturated/α-hetero) is 1. The number of amides is 1. The number of fused-ring (bicyclic) bond motifs is 1. The Morgan fingerprint density at radius 3 is 2.73 bits per heavy atom. The Hall–Kier alpha value is -3.86. The summed E-state index contributed by atoms with van der Waals surface area (Å²) in [5.41, 5.74) is 1.96. The number of nitrogens with zero attached hydrogens (tertiary/aromatic N) is 2. The van der Waals surface area contributed by atoms with Gasteiger partial charge in [-0.25, -0.2) is 4.79 Å². The van der Waals surface area contributed by atoms with Crippen molar-refractivity contribution in [3.8, 4) is 17.6 Å². The number of esters is 1. The molecule has 1 heterocycles. The summed E-state index contributed by atoms with van der Waals surface area (Å²) in [6, 6.07) is 9.69. The van der Waals surface area contributed by atoms with E-state index in [-0.39, 0.29) is 49.3 Å². The van der Waals surface area contributed by atoms with E-state index in [0.29, 0.717) is 22.3 Å². The fourth-order valence-corrected chi connectivity index (χ4v) is 3.24. The van der Waals surface area contributed by atoms with Crippen molar-refractivity contribution in [1.29, 1.82) is 5.26 Å². The van der Waals surface area contributed by atoms with Crippen LogP contribution >= 0.6 is 0 Å². The highest BCUT2D eigenvalue weighted by molar-refractivity contribution is 6.05. The standard InChI is InChI=1S/C22H20N2O6/c1-3-29-20(26)12-30-19-7-6-17(21(27)13(19)2)18(25)11-24-10-15-8-14(9-23)4-5-16(15)22(24)28/h4-8,27H,3,10-12H2,1-2H3. The Bertz CT molecular complexity index is 1070. The minimum atomic E-state index is -0.539. The molecule has 1 N–H and O–H groups in total. The van der Waals surface area contributed by atoms with Crippen LogP contribution in [0.25, 0.3) is 0 Å². The molecule has 8 nitrogen and oxygen atoms in total. The summed E-state index contributed by atoms with van der Waals surface area (Å²) in [6.07, 6.45) is 0. The lowest BCUT2D eigenvalue weighted by atomic mass is 10.0. The van der Waals surface area contributed by atoms with Gasteiger partial charge in [-0.05, 0) is 49.7 Å². The molecule has 1 aliphatic rings. The average Bonchev–Trinajstić information content (AvgIpc) is 3.03. The van der Waals surface area contributed by atoms with E-state index in [1.807, 2.05) is 6.07 Å². The molecule has 3 rings (SSSR count). The topological polar surface area (TPSA) is 117 Å². The number of rotatable bonds is 7. The Morgan fingerprint density at radius 2 is 2.03 bits per heavy atom. The smallest absolute Gasteiger partial charge is 0.344 e. The van der Waals surface area contributed by atoms with Crippen LogP contribution in [-0.2, 0) is 16.1 Å². The summed E-state index contributed by atoms with van der Waals surface area (Å²) in [5, 5.41) is 19.4. The SMILES string of the molecule is CCOC(=O)COc1ccc(C(=O)CN2Cc3cc(C#N)ccc3C2=O)c(O)c1C. The first-order valence-corrected chi connectivity index (χ1v) is 9.32. The molecule has 0 unspecified atom stereocenters. The second-order valence-electron chi connectivity index (χ2n) is 6.75. The highest BCUT2D eigenvalue weighted by Gasteiger charge is 2.30. The maximum atomic E-state index is 12.7. The van der Waals surface area contributed by atoms with E-state index in [4.69, 9.17) is 14.7 Å². The lowest BCUT2D eigenvalue weighted by molar-refractivity contribution is -0.145. The quantitative estimate of drug-likeness (QED) is 0.552. The molecular weight excluding hydrogens is 388 g/mol. The maximum absolute atomic E-state index is 12.7. The number of nitriles is 1. The first kappa shape index (κ1) is 20.9. The highest BCUT2D eigenvalue weighted by atomic mass is 16.6. The second-order valence-corrected chi connectivity index (χ2v) is 6.75. The lowest BCUT2D eigenvalue weighted by Crippen LogP contribution is -2.30. The van der Waals surface area contributed by atoms with Gasteiger partial charge in [0.1, 0.15) is 11.5 Å². The molecule has 0 aliphatic carbocycles. The van der Waals surface area contributed by atoms with Crippen LogP contribution in [0.5, 0.6) is 11.5 Å². The molecule has 0 saturated heterocycles. The van der Waals surface area contributed by atoms with Crippen LogP contribution in [0.2, 0.25) is 0 Å². The van der Waals surface area contributed by atoms with Crippen LogP contribution in [0, 0.1) is 18.3 Å². The van der Waals surface area contributed by atoms with Gasteiger partial charge in [-0.15, -0.1) is 0 Å². The molecule has 154 valence electrons. The summed E-state index contributed by atoms with van der Waals surface area (Å²) in [7, 11) is 0. The summed E-state index contributed by atoms with van der Waals surface area (Å²) in [6.45, 7) is 3.17. The van der Waals surface area contributed by atoms with Gasteiger partial charge >= 0.3 is 5.97 Å². The molecule has 1 aliphatic heterocycles. The van der Waals surface area contributed by atoms with E-state index in [9.17, 15) is 19.5 Å². The summed E-state index contributed by atoms with van der Waals surface area (Å²) < 4.78 is 10.1. The molecule has 0 bridgehead atoms. The van der Waals surface area contributed by atoms with Crippen LogP contribution in [0.1, 0.15) is 44.3 Å². The maximum Gasteiger partial charge on any atom is 0.344 e. The molecule has 0 saturated carbocycles. The largest absolute Gasteiger partial charge is 0.507 e. The van der Waals surface area contributed by atoms with Crippen molar-refractivity contribution in [2.45, 2.75) is 20.4 Å². The van der Waals surface area contributed by atoms with Crippen molar-refractivity contribution in [1.82, 2.24) is 4.90 Å². The number of carbonyl (C=O) groups is 3. The third-order valence-corrected chi connectivity index (χ3v) is 4.78. The van der Waals surface area contributed by atoms with E-state index in [1.54, 1.807) is 32.0 Å². The number of phenolic OH excluding ortho intramolecular Hbond substituents is 1. The number of hydrogen-bond acceptors (Lipinski definition) is 7. The molecule has 1 amide bonds. The summed E-state index contributed by atoms with van der Waals surface area (Å²) in [4.78, 5) is 38.1. The van der Waals surface area contributed by atoms with E-state index < -0.39 is 11.8 Å². The number of benzene rings is 2. The van der Waals surface area contributed by atoms with Gasteiger partial charge in [-0.2, -0.15) is 5.26 Å². The van der Waals surface area contributed by atoms with Crippen LogP contribution < -0.4 is 4.74 Å².